The molecule has 0 saturated carbocycles. The van der Waals surface area contributed by atoms with Gasteiger partial charge in [0.25, 0.3) is 0 Å². The minimum Gasteiger partial charge on any atom is -0.645 e. The van der Waals surface area contributed by atoms with E-state index in [1.54, 1.807) is 27.7 Å². The summed E-state index contributed by atoms with van der Waals surface area (Å²) in [7, 11) is 0. The SMILES string of the molecule is CC1(C)CNC[C@@](C)(O)C(=O)[N-]C(C)(C)CNC[C@@](C)(O)C(=O)[N-]1.[Ni+2]. The first-order valence-electron chi connectivity index (χ1n) is 8.08. The molecule has 1 aliphatic rings. The third-order valence-electron chi connectivity index (χ3n) is 3.78. The zero-order chi connectivity index (χ0) is 18.8. The van der Waals surface area contributed by atoms with Crippen LogP contribution in [-0.2, 0) is 26.1 Å². The Kier molecular flexibility index (Phi) is 8.07. The quantitative estimate of drug-likeness (QED) is 0.425. The van der Waals surface area contributed by atoms with Crippen LogP contribution in [0.15, 0.2) is 0 Å². The molecule has 0 spiro atoms. The van der Waals surface area contributed by atoms with Crippen LogP contribution < -0.4 is 10.6 Å². The fourth-order valence-electron chi connectivity index (χ4n) is 2.24. The van der Waals surface area contributed by atoms with Gasteiger partial charge in [0.2, 0.25) is 0 Å². The number of carbonyl (C=O) groups excluding carboxylic acids is 2. The van der Waals surface area contributed by atoms with Crippen molar-refractivity contribution in [2.45, 2.75) is 63.8 Å². The van der Waals surface area contributed by atoms with Crippen molar-refractivity contribution in [3.8, 4) is 0 Å². The molecule has 1 rings (SSSR count). The first-order chi connectivity index (χ1) is 10.7. The number of rotatable bonds is 0. The van der Waals surface area contributed by atoms with Gasteiger partial charge in [0.05, 0.1) is 11.8 Å². The first kappa shape index (κ1) is 24.3. The molecule has 0 aromatic heterocycles. The Morgan fingerprint density at radius 2 is 1.00 bits per heavy atom. The van der Waals surface area contributed by atoms with E-state index in [9.17, 15) is 19.8 Å². The van der Waals surface area contributed by atoms with Gasteiger partial charge in [-0.25, -0.2) is 0 Å². The van der Waals surface area contributed by atoms with E-state index >= 15 is 0 Å². The molecule has 0 unspecified atom stereocenters. The number of nitrogens with one attached hydrogen (secondary N) is 2. The van der Waals surface area contributed by atoms with Crippen LogP contribution in [0.25, 0.3) is 10.6 Å². The van der Waals surface area contributed by atoms with Gasteiger partial charge in [-0.05, 0) is 26.9 Å². The minimum atomic E-state index is -1.65. The van der Waals surface area contributed by atoms with Gasteiger partial charge in [0.15, 0.2) is 0 Å². The molecular weight excluding hydrogens is 371 g/mol. The summed E-state index contributed by atoms with van der Waals surface area (Å²) in [5.41, 5.74) is -4.87. The van der Waals surface area contributed by atoms with Gasteiger partial charge in [-0.1, -0.05) is 38.8 Å². The summed E-state index contributed by atoms with van der Waals surface area (Å²) in [4.78, 5) is 24.5. The van der Waals surface area contributed by atoms with Crippen LogP contribution in [0.3, 0.4) is 0 Å². The minimum absolute atomic E-state index is 0. The molecule has 2 atom stereocenters. The Hall–Kier alpha value is -0.726. The second kappa shape index (κ2) is 8.31. The molecule has 0 aliphatic carbocycles. The summed E-state index contributed by atoms with van der Waals surface area (Å²) in [5, 5.41) is 34.7. The van der Waals surface area contributed by atoms with E-state index in [2.05, 4.69) is 21.3 Å². The van der Waals surface area contributed by atoms with Gasteiger partial charge >= 0.3 is 16.5 Å². The smallest absolute Gasteiger partial charge is 0.645 e. The average Bonchev–Trinajstić information content (AvgIpc) is 2.35. The molecule has 8 nitrogen and oxygen atoms in total. The number of aliphatic hydroxyl groups is 2. The number of nitrogens with zero attached hydrogens (tertiary/aromatic N) is 2. The van der Waals surface area contributed by atoms with E-state index in [0.717, 1.165) is 0 Å². The van der Waals surface area contributed by atoms with Crippen molar-refractivity contribution < 1.29 is 36.3 Å². The fraction of sp³-hybridized carbons (Fsp3) is 0.875. The van der Waals surface area contributed by atoms with Crippen LogP contribution >= 0.6 is 0 Å². The van der Waals surface area contributed by atoms with Crippen molar-refractivity contribution in [1.29, 1.82) is 0 Å². The molecule has 148 valence electrons. The largest absolute Gasteiger partial charge is 2.00 e. The number of hydrogen-bond acceptors (Lipinski definition) is 6. The Bertz CT molecular complexity index is 449. The molecule has 0 aromatic rings. The number of β-amino-alcohol motifs (C(OH)–C–C–N with tert-alkyl or cyclic N) is 2. The van der Waals surface area contributed by atoms with Crippen LogP contribution in [0.5, 0.6) is 0 Å². The summed E-state index contributed by atoms with van der Waals surface area (Å²) in [5.74, 6) is -1.23. The van der Waals surface area contributed by atoms with E-state index in [-0.39, 0.29) is 42.7 Å². The maximum atomic E-state index is 12.3. The summed E-state index contributed by atoms with van der Waals surface area (Å²) < 4.78 is 0. The Morgan fingerprint density at radius 3 is 1.28 bits per heavy atom. The van der Waals surface area contributed by atoms with E-state index in [1.807, 2.05) is 0 Å². The predicted octanol–water partition coefficient (Wildman–Crippen LogP) is 0.0365. The zero-order valence-electron chi connectivity index (χ0n) is 15.8. The maximum Gasteiger partial charge on any atom is 2.00 e. The molecule has 4 N–H and O–H groups in total. The van der Waals surface area contributed by atoms with Crippen LogP contribution in [0, 0.1) is 0 Å². The summed E-state index contributed by atoms with van der Waals surface area (Å²) in [6.45, 7) is 10.2. The number of carbonyl (C=O) groups is 2. The van der Waals surface area contributed by atoms with Gasteiger partial charge in [0.1, 0.15) is 11.2 Å². The van der Waals surface area contributed by atoms with E-state index in [0.29, 0.717) is 0 Å². The number of amides is 2. The van der Waals surface area contributed by atoms with Crippen molar-refractivity contribution in [3.05, 3.63) is 10.6 Å². The van der Waals surface area contributed by atoms with E-state index < -0.39 is 34.1 Å². The average molecular weight is 401 g/mol. The normalized spacial score (nSPS) is 34.1. The summed E-state index contributed by atoms with van der Waals surface area (Å²) >= 11 is 0. The topological polar surface area (TPSA) is 127 Å². The van der Waals surface area contributed by atoms with Crippen molar-refractivity contribution in [1.82, 2.24) is 10.6 Å². The van der Waals surface area contributed by atoms with Crippen molar-refractivity contribution >= 4 is 11.8 Å². The molecule has 1 aliphatic heterocycles. The molecule has 0 bridgehead atoms. The van der Waals surface area contributed by atoms with Crippen LogP contribution in [-0.4, -0.2) is 70.5 Å². The number of hydrogen-bond donors (Lipinski definition) is 4. The predicted molar refractivity (Wildman–Crippen MR) is 91.9 cm³/mol. The molecular formula is C16H30N4NiO4. The molecule has 1 saturated heterocycles. The molecule has 2 amide bonds. The molecule has 0 aromatic carbocycles. The van der Waals surface area contributed by atoms with Crippen LogP contribution in [0.4, 0.5) is 0 Å². The van der Waals surface area contributed by atoms with Crippen LogP contribution in [0.2, 0.25) is 0 Å². The van der Waals surface area contributed by atoms with Gasteiger partial charge in [-0.3, -0.25) is 0 Å². The molecule has 1 fully saturated rings. The van der Waals surface area contributed by atoms with Crippen LogP contribution in [0.1, 0.15) is 41.5 Å². The monoisotopic (exact) mass is 400 g/mol. The standard InChI is InChI=1S/C16H32N4O4.Ni/c1-13(2)7-17-9-16(6,24)12(22)20-14(3,4)8-18-10-15(5,23)11(21)19-13;/h17-18,23-24H,7-10H2,1-6H3,(H2,19,20,21,22);/q;+2/p-2/t15-,16-;/m1./s1. The Balaban J connectivity index is 0.00000576. The van der Waals surface area contributed by atoms with Crippen molar-refractivity contribution in [2.24, 2.45) is 0 Å². The van der Waals surface area contributed by atoms with Gasteiger partial charge in [-0.15, -0.1) is 0 Å². The maximum absolute atomic E-state index is 12.3. The van der Waals surface area contributed by atoms with Crippen molar-refractivity contribution in [3.63, 3.8) is 0 Å². The first-order valence-corrected chi connectivity index (χ1v) is 8.08. The molecule has 9 heteroatoms. The van der Waals surface area contributed by atoms with E-state index in [4.69, 9.17) is 0 Å². The zero-order valence-corrected chi connectivity index (χ0v) is 16.7. The third-order valence-corrected chi connectivity index (χ3v) is 3.78. The molecule has 1 heterocycles. The second-order valence-corrected chi connectivity index (χ2v) is 8.21. The third kappa shape index (κ3) is 7.58. The van der Waals surface area contributed by atoms with E-state index in [1.165, 1.54) is 13.8 Å². The van der Waals surface area contributed by atoms with Gasteiger partial charge in [0, 0.05) is 13.1 Å². The van der Waals surface area contributed by atoms with Crippen molar-refractivity contribution in [2.75, 3.05) is 26.2 Å². The van der Waals surface area contributed by atoms with Gasteiger partial charge in [-0.2, -0.15) is 0 Å². The fourth-order valence-corrected chi connectivity index (χ4v) is 2.24. The second-order valence-electron chi connectivity index (χ2n) is 8.21. The Labute approximate surface area is 159 Å². The summed E-state index contributed by atoms with van der Waals surface area (Å²) in [6, 6.07) is 0. The Morgan fingerprint density at radius 1 is 0.720 bits per heavy atom. The summed E-state index contributed by atoms with van der Waals surface area (Å²) in [6.07, 6.45) is 0. The van der Waals surface area contributed by atoms with Gasteiger partial charge < -0.3 is 41.1 Å². The molecule has 25 heavy (non-hydrogen) atoms. The molecule has 0 radical (unpaired) electrons.